The first-order valence-electron chi connectivity index (χ1n) is 16.3. The summed E-state index contributed by atoms with van der Waals surface area (Å²) < 4.78 is 1.10. The van der Waals surface area contributed by atoms with E-state index in [4.69, 9.17) is 0 Å². The van der Waals surface area contributed by atoms with Crippen LogP contribution in [0.5, 0.6) is 0 Å². The van der Waals surface area contributed by atoms with E-state index in [2.05, 4.69) is 197 Å². The Bertz CT molecular complexity index is 1940. The van der Waals surface area contributed by atoms with Gasteiger partial charge in [0.1, 0.15) is 0 Å². The van der Waals surface area contributed by atoms with Crippen molar-refractivity contribution in [2.75, 3.05) is 0 Å². The van der Waals surface area contributed by atoms with E-state index in [1.54, 1.807) is 0 Å². The van der Waals surface area contributed by atoms with Gasteiger partial charge in [0, 0.05) is 4.47 Å². The van der Waals surface area contributed by atoms with Crippen molar-refractivity contribution in [2.45, 2.75) is 57.8 Å². The average molecular weight is 662 g/mol. The Balaban J connectivity index is 1.58. The predicted molar refractivity (Wildman–Crippen MR) is 200 cm³/mol. The molecule has 0 bridgehead atoms. The average Bonchev–Trinajstić information content (AvgIpc) is 3.34. The van der Waals surface area contributed by atoms with Crippen molar-refractivity contribution in [3.05, 3.63) is 177 Å². The minimum absolute atomic E-state index is 0.0150. The second kappa shape index (κ2) is 11.2. The van der Waals surface area contributed by atoms with Gasteiger partial charge >= 0.3 is 0 Å². The van der Waals surface area contributed by atoms with Gasteiger partial charge in [0.05, 0.1) is 5.41 Å². The fraction of sp³-hybridized carbons (Fsp3) is 0.200. The molecule has 0 saturated heterocycles. The zero-order chi connectivity index (χ0) is 32.3. The second-order valence-corrected chi connectivity index (χ2v) is 15.7. The fourth-order valence-corrected chi connectivity index (χ4v) is 7.70. The topological polar surface area (TPSA) is 0 Å². The number of halogens is 1. The maximum absolute atomic E-state index is 3.85. The molecule has 1 aliphatic rings. The van der Waals surface area contributed by atoms with E-state index >= 15 is 0 Å². The highest BCUT2D eigenvalue weighted by molar-refractivity contribution is 9.10. The quantitative estimate of drug-likeness (QED) is 0.176. The minimum Gasteiger partial charge on any atom is -0.0622 e. The molecule has 1 heteroatoms. The lowest BCUT2D eigenvalue weighted by Gasteiger charge is -2.38. The first-order valence-corrected chi connectivity index (χ1v) is 17.1. The van der Waals surface area contributed by atoms with Crippen molar-refractivity contribution >= 4 is 15.9 Å². The SMILES string of the molecule is CC(C)(C)c1cc2c(c(C(C)(C)C)c1)C(c1ccc(-c3ccccc3)cc1)(c1ccc(-c3ccccc3)cc1)c1ccc(Br)cc1-2. The van der Waals surface area contributed by atoms with Crippen molar-refractivity contribution in [1.82, 2.24) is 0 Å². The summed E-state index contributed by atoms with van der Waals surface area (Å²) in [6.07, 6.45) is 0. The van der Waals surface area contributed by atoms with Gasteiger partial charge in [-0.25, -0.2) is 0 Å². The van der Waals surface area contributed by atoms with Crippen LogP contribution in [0.25, 0.3) is 33.4 Å². The molecular formula is C45H41Br. The van der Waals surface area contributed by atoms with Crippen LogP contribution in [0.1, 0.15) is 74.9 Å². The Kier molecular flexibility index (Phi) is 7.45. The van der Waals surface area contributed by atoms with E-state index < -0.39 is 5.41 Å². The van der Waals surface area contributed by atoms with Gasteiger partial charge in [-0.2, -0.15) is 0 Å². The molecule has 0 spiro atoms. The summed E-state index contributed by atoms with van der Waals surface area (Å²) in [7, 11) is 0. The summed E-state index contributed by atoms with van der Waals surface area (Å²) in [6.45, 7) is 14.1. The zero-order valence-electron chi connectivity index (χ0n) is 27.7. The molecule has 0 nitrogen and oxygen atoms in total. The van der Waals surface area contributed by atoms with Gasteiger partial charge in [0.15, 0.2) is 0 Å². The summed E-state index contributed by atoms with van der Waals surface area (Å²) in [5.41, 5.74) is 15.1. The molecule has 0 fully saturated rings. The standard InChI is InChI=1S/C45H41Br/c1-43(2,3)36-27-39-38-29-37(46)25-26-40(38)45(42(39)41(28-36)44(4,5)6,34-21-17-32(18-22-34)30-13-9-7-10-14-30)35-23-19-33(20-24-35)31-15-11-8-12-16-31/h7-29H,1-6H3. The highest BCUT2D eigenvalue weighted by Crippen LogP contribution is 2.59. The van der Waals surface area contributed by atoms with Gasteiger partial charge < -0.3 is 0 Å². The number of hydrogen-bond acceptors (Lipinski definition) is 0. The summed E-state index contributed by atoms with van der Waals surface area (Å²) in [4.78, 5) is 0. The Morgan fingerprint density at radius 3 is 1.39 bits per heavy atom. The number of fused-ring (bicyclic) bond motifs is 3. The van der Waals surface area contributed by atoms with Gasteiger partial charge in [0.25, 0.3) is 0 Å². The predicted octanol–water partition coefficient (Wildman–Crippen LogP) is 12.7. The highest BCUT2D eigenvalue weighted by Gasteiger charge is 2.49. The van der Waals surface area contributed by atoms with Crippen LogP contribution in [0.3, 0.4) is 0 Å². The minimum atomic E-state index is -0.491. The van der Waals surface area contributed by atoms with Crippen LogP contribution in [0.15, 0.2) is 144 Å². The molecule has 0 aliphatic heterocycles. The van der Waals surface area contributed by atoms with Crippen molar-refractivity contribution < 1.29 is 0 Å². The van der Waals surface area contributed by atoms with Crippen LogP contribution in [0.2, 0.25) is 0 Å². The summed E-state index contributed by atoms with van der Waals surface area (Å²) in [5.74, 6) is 0. The van der Waals surface area contributed by atoms with Gasteiger partial charge in [-0.1, -0.05) is 185 Å². The fourth-order valence-electron chi connectivity index (χ4n) is 7.34. The van der Waals surface area contributed by atoms with Crippen molar-refractivity contribution in [2.24, 2.45) is 0 Å². The molecule has 1 aliphatic carbocycles. The Hall–Kier alpha value is -4.20. The first kappa shape index (κ1) is 30.5. The van der Waals surface area contributed by atoms with E-state index in [-0.39, 0.29) is 10.8 Å². The lowest BCUT2D eigenvalue weighted by Crippen LogP contribution is -2.32. The molecule has 0 aromatic heterocycles. The highest BCUT2D eigenvalue weighted by atomic mass is 79.9. The molecule has 0 N–H and O–H groups in total. The maximum Gasteiger partial charge on any atom is 0.0716 e. The number of benzene rings is 6. The van der Waals surface area contributed by atoms with Gasteiger partial charge in [-0.05, 0) is 89.7 Å². The lowest BCUT2D eigenvalue weighted by atomic mass is 9.63. The Labute approximate surface area is 283 Å². The van der Waals surface area contributed by atoms with E-state index in [1.807, 2.05) is 0 Å². The lowest BCUT2D eigenvalue weighted by molar-refractivity contribution is 0.557. The van der Waals surface area contributed by atoms with Crippen molar-refractivity contribution in [1.29, 1.82) is 0 Å². The molecule has 0 radical (unpaired) electrons. The third-order valence-corrected chi connectivity index (χ3v) is 10.2. The molecule has 0 saturated carbocycles. The number of hydrogen-bond donors (Lipinski definition) is 0. The normalized spacial score (nSPS) is 13.7. The largest absolute Gasteiger partial charge is 0.0716 e. The molecular weight excluding hydrogens is 620 g/mol. The van der Waals surface area contributed by atoms with Crippen molar-refractivity contribution in [3.63, 3.8) is 0 Å². The summed E-state index contributed by atoms with van der Waals surface area (Å²) in [5, 5.41) is 0. The molecule has 0 atom stereocenters. The first-order chi connectivity index (χ1) is 22.0. The molecule has 228 valence electrons. The Morgan fingerprint density at radius 2 is 0.935 bits per heavy atom. The summed E-state index contributed by atoms with van der Waals surface area (Å²) in [6, 6.07) is 52.0. The van der Waals surface area contributed by atoms with Gasteiger partial charge in [0.2, 0.25) is 0 Å². The van der Waals surface area contributed by atoms with Crippen LogP contribution in [-0.4, -0.2) is 0 Å². The molecule has 6 aromatic carbocycles. The van der Waals surface area contributed by atoms with Crippen molar-refractivity contribution in [3.8, 4) is 33.4 Å². The van der Waals surface area contributed by atoms with Crippen LogP contribution in [-0.2, 0) is 16.2 Å². The maximum atomic E-state index is 3.85. The van der Waals surface area contributed by atoms with Crippen LogP contribution < -0.4 is 0 Å². The number of rotatable bonds is 4. The van der Waals surface area contributed by atoms with Crippen LogP contribution in [0, 0.1) is 0 Å². The summed E-state index contributed by atoms with van der Waals surface area (Å²) >= 11 is 3.85. The molecule has 0 amide bonds. The second-order valence-electron chi connectivity index (χ2n) is 14.8. The van der Waals surface area contributed by atoms with Crippen LogP contribution >= 0.6 is 15.9 Å². The zero-order valence-corrected chi connectivity index (χ0v) is 29.2. The van der Waals surface area contributed by atoms with E-state index in [0.29, 0.717) is 0 Å². The molecule has 6 aromatic rings. The third kappa shape index (κ3) is 5.06. The smallest absolute Gasteiger partial charge is 0.0622 e. The van der Waals surface area contributed by atoms with Gasteiger partial charge in [-0.15, -0.1) is 0 Å². The van der Waals surface area contributed by atoms with Crippen LogP contribution in [0.4, 0.5) is 0 Å². The molecule has 46 heavy (non-hydrogen) atoms. The Morgan fingerprint density at radius 1 is 0.457 bits per heavy atom. The molecule has 0 unspecified atom stereocenters. The van der Waals surface area contributed by atoms with E-state index in [0.717, 1.165) is 4.47 Å². The molecule has 7 rings (SSSR count). The molecule has 0 heterocycles. The van der Waals surface area contributed by atoms with E-state index in [9.17, 15) is 0 Å². The van der Waals surface area contributed by atoms with Gasteiger partial charge in [-0.3, -0.25) is 0 Å². The monoisotopic (exact) mass is 660 g/mol. The third-order valence-electron chi connectivity index (χ3n) is 9.71. The van der Waals surface area contributed by atoms with E-state index in [1.165, 1.54) is 66.8 Å².